The summed E-state index contributed by atoms with van der Waals surface area (Å²) in [6.45, 7) is 2.43. The van der Waals surface area contributed by atoms with Crippen molar-refractivity contribution in [1.29, 1.82) is 0 Å². The molecule has 0 spiro atoms. The molecule has 0 saturated carbocycles. The van der Waals surface area contributed by atoms with Gasteiger partial charge in [0, 0.05) is 18.0 Å². The number of ether oxygens (including phenoxy) is 2. The van der Waals surface area contributed by atoms with E-state index in [-0.39, 0.29) is 23.8 Å². The highest BCUT2D eigenvalue weighted by atomic mass is 35.5. The first kappa shape index (κ1) is 23.9. The van der Waals surface area contributed by atoms with Crippen LogP contribution in [0.4, 0.5) is 0 Å². The van der Waals surface area contributed by atoms with E-state index in [4.69, 9.17) is 26.8 Å². The number of nitrogens with zero attached hydrogens (tertiary/aromatic N) is 3. The minimum absolute atomic E-state index is 0.189. The summed E-state index contributed by atoms with van der Waals surface area (Å²) in [6.07, 6.45) is 5.18. The smallest absolute Gasteiger partial charge is 0.280 e. The topological polar surface area (TPSA) is 121 Å². The third-order valence-electron chi connectivity index (χ3n) is 5.62. The number of carbonyl (C=O) groups excluding carboxylic acids is 2. The quantitative estimate of drug-likeness (QED) is 0.482. The number of aromatic nitrogens is 3. The van der Waals surface area contributed by atoms with Gasteiger partial charge in [0.1, 0.15) is 0 Å². The Morgan fingerprint density at radius 2 is 1.97 bits per heavy atom. The molecular weight excluding hydrogens is 458 g/mol. The van der Waals surface area contributed by atoms with Gasteiger partial charge in [-0.25, -0.2) is 9.67 Å². The Bertz CT molecular complexity index is 1160. The fourth-order valence-corrected chi connectivity index (χ4v) is 4.09. The Kier molecular flexibility index (Phi) is 7.26. The minimum atomic E-state index is -1.72. The van der Waals surface area contributed by atoms with Gasteiger partial charge in [-0.1, -0.05) is 61.7 Å². The van der Waals surface area contributed by atoms with Crippen molar-refractivity contribution in [2.24, 2.45) is 5.73 Å². The SMILES string of the molecule is CCCCC(NC(=O)c1cc(Cl)cnc1-n1ccc(-c2ccccc2)n1)C1(C(N)=O)OCCO1. The molecule has 1 saturated heterocycles. The lowest BCUT2D eigenvalue weighted by molar-refractivity contribution is -0.190. The lowest BCUT2D eigenvalue weighted by Gasteiger charge is -2.33. The number of hydrogen-bond acceptors (Lipinski definition) is 6. The van der Waals surface area contributed by atoms with E-state index in [0.717, 1.165) is 24.1 Å². The number of primary amides is 1. The van der Waals surface area contributed by atoms with Gasteiger partial charge in [0.05, 0.1) is 35.5 Å². The Balaban J connectivity index is 1.66. The molecule has 0 aliphatic carbocycles. The summed E-state index contributed by atoms with van der Waals surface area (Å²) in [5, 5.41) is 7.74. The number of carbonyl (C=O) groups is 2. The zero-order valence-corrected chi connectivity index (χ0v) is 19.5. The van der Waals surface area contributed by atoms with Gasteiger partial charge in [-0.2, -0.15) is 5.10 Å². The first-order valence-electron chi connectivity index (χ1n) is 11.1. The van der Waals surface area contributed by atoms with Crippen molar-refractivity contribution >= 4 is 23.4 Å². The molecule has 10 heteroatoms. The molecule has 4 rings (SSSR count). The molecule has 1 aliphatic rings. The highest BCUT2D eigenvalue weighted by Crippen LogP contribution is 2.28. The van der Waals surface area contributed by atoms with Gasteiger partial charge in [-0.15, -0.1) is 0 Å². The van der Waals surface area contributed by atoms with E-state index in [1.807, 2.05) is 43.3 Å². The summed E-state index contributed by atoms with van der Waals surface area (Å²) in [5.74, 6) is -2.71. The molecule has 1 aliphatic heterocycles. The highest BCUT2D eigenvalue weighted by molar-refractivity contribution is 6.30. The fraction of sp³-hybridized carbons (Fsp3) is 0.333. The van der Waals surface area contributed by atoms with Crippen LogP contribution in [-0.2, 0) is 14.3 Å². The molecule has 2 aromatic heterocycles. The first-order valence-corrected chi connectivity index (χ1v) is 11.5. The van der Waals surface area contributed by atoms with Gasteiger partial charge in [0.15, 0.2) is 5.82 Å². The molecule has 3 N–H and O–H groups in total. The van der Waals surface area contributed by atoms with Crippen LogP contribution in [0.1, 0.15) is 36.5 Å². The summed E-state index contributed by atoms with van der Waals surface area (Å²) in [6, 6.07) is 12.2. The molecule has 1 fully saturated rings. The number of hydrogen-bond donors (Lipinski definition) is 2. The second-order valence-electron chi connectivity index (χ2n) is 7.93. The number of halogens is 1. The molecule has 34 heavy (non-hydrogen) atoms. The molecule has 1 aromatic carbocycles. The van der Waals surface area contributed by atoms with Crippen molar-refractivity contribution in [3.05, 3.63) is 65.4 Å². The zero-order valence-electron chi connectivity index (χ0n) is 18.7. The first-order chi connectivity index (χ1) is 16.4. The molecule has 1 unspecified atom stereocenters. The van der Waals surface area contributed by atoms with Gasteiger partial charge in [0.2, 0.25) is 0 Å². The van der Waals surface area contributed by atoms with Gasteiger partial charge in [-0.05, 0) is 18.6 Å². The zero-order chi connectivity index (χ0) is 24.1. The Labute approximate surface area is 202 Å². The molecule has 9 nitrogen and oxygen atoms in total. The molecule has 0 radical (unpaired) electrons. The average Bonchev–Trinajstić information content (AvgIpc) is 3.53. The third kappa shape index (κ3) is 4.82. The monoisotopic (exact) mass is 483 g/mol. The lowest BCUT2D eigenvalue weighted by atomic mass is 9.99. The Morgan fingerprint density at radius 1 is 1.24 bits per heavy atom. The predicted molar refractivity (Wildman–Crippen MR) is 126 cm³/mol. The van der Waals surface area contributed by atoms with Crippen LogP contribution in [0.3, 0.4) is 0 Å². The number of nitrogens with one attached hydrogen (secondary N) is 1. The maximum atomic E-state index is 13.4. The maximum absolute atomic E-state index is 13.4. The summed E-state index contributed by atoms with van der Waals surface area (Å²) in [4.78, 5) is 30.1. The van der Waals surface area contributed by atoms with Crippen LogP contribution < -0.4 is 11.1 Å². The van der Waals surface area contributed by atoms with E-state index >= 15 is 0 Å². The largest absolute Gasteiger partial charge is 0.365 e. The van der Waals surface area contributed by atoms with Crippen molar-refractivity contribution < 1.29 is 19.1 Å². The normalized spacial score (nSPS) is 15.7. The molecular formula is C24H26ClN5O4. The number of pyridine rings is 1. The van der Waals surface area contributed by atoms with Crippen LogP contribution in [0, 0.1) is 0 Å². The highest BCUT2D eigenvalue weighted by Gasteiger charge is 2.50. The minimum Gasteiger partial charge on any atom is -0.365 e. The third-order valence-corrected chi connectivity index (χ3v) is 5.83. The average molecular weight is 484 g/mol. The molecule has 3 aromatic rings. The number of rotatable bonds is 9. The van der Waals surface area contributed by atoms with E-state index in [1.54, 1.807) is 6.20 Å². The van der Waals surface area contributed by atoms with Gasteiger partial charge < -0.3 is 20.5 Å². The standard InChI is InChI=1S/C24H26ClN5O4/c1-2-3-9-20(24(23(26)32)33-12-13-34-24)28-22(31)18-14-17(25)15-27-21(18)30-11-10-19(29-30)16-7-5-4-6-8-16/h4-8,10-11,14-15,20H,2-3,9,12-13H2,1H3,(H2,26,32)(H,28,31). The van der Waals surface area contributed by atoms with Gasteiger partial charge >= 0.3 is 0 Å². The van der Waals surface area contributed by atoms with Crippen LogP contribution in [0.2, 0.25) is 5.02 Å². The van der Waals surface area contributed by atoms with Gasteiger partial charge in [-0.3, -0.25) is 9.59 Å². The van der Waals surface area contributed by atoms with E-state index in [2.05, 4.69) is 15.4 Å². The second kappa shape index (κ2) is 10.3. The van der Waals surface area contributed by atoms with Crippen LogP contribution in [0.5, 0.6) is 0 Å². The second-order valence-corrected chi connectivity index (χ2v) is 8.37. The molecule has 2 amide bonds. The Hall–Kier alpha value is -3.27. The Morgan fingerprint density at radius 3 is 2.65 bits per heavy atom. The van der Waals surface area contributed by atoms with E-state index in [0.29, 0.717) is 12.2 Å². The van der Waals surface area contributed by atoms with Crippen LogP contribution in [-0.4, -0.2) is 51.6 Å². The number of benzene rings is 1. The summed E-state index contributed by atoms with van der Waals surface area (Å²) in [7, 11) is 0. The molecule has 0 bridgehead atoms. The molecule has 3 heterocycles. The van der Waals surface area contributed by atoms with E-state index < -0.39 is 23.6 Å². The van der Waals surface area contributed by atoms with Crippen molar-refractivity contribution in [1.82, 2.24) is 20.1 Å². The molecule has 1 atom stereocenters. The number of nitrogens with two attached hydrogens (primary N) is 1. The summed E-state index contributed by atoms with van der Waals surface area (Å²) in [5.41, 5.74) is 7.48. The maximum Gasteiger partial charge on any atom is 0.280 e. The van der Waals surface area contributed by atoms with Crippen molar-refractivity contribution in [2.45, 2.75) is 38.0 Å². The van der Waals surface area contributed by atoms with Crippen molar-refractivity contribution in [3.8, 4) is 17.1 Å². The van der Waals surface area contributed by atoms with Crippen LogP contribution in [0.25, 0.3) is 17.1 Å². The molecule has 178 valence electrons. The number of amides is 2. The lowest BCUT2D eigenvalue weighted by Crippen LogP contribution is -2.60. The van der Waals surface area contributed by atoms with E-state index in [9.17, 15) is 9.59 Å². The van der Waals surface area contributed by atoms with Gasteiger partial charge in [0.25, 0.3) is 17.6 Å². The van der Waals surface area contributed by atoms with Crippen molar-refractivity contribution in [2.75, 3.05) is 13.2 Å². The van der Waals surface area contributed by atoms with Crippen LogP contribution >= 0.6 is 11.6 Å². The predicted octanol–water partition coefficient (Wildman–Crippen LogP) is 3.10. The summed E-state index contributed by atoms with van der Waals surface area (Å²) >= 11 is 6.18. The van der Waals surface area contributed by atoms with Crippen LogP contribution in [0.15, 0.2) is 54.9 Å². The van der Waals surface area contributed by atoms with E-state index in [1.165, 1.54) is 16.9 Å². The number of unbranched alkanes of at least 4 members (excludes halogenated alkanes) is 1. The summed E-state index contributed by atoms with van der Waals surface area (Å²) < 4.78 is 12.8. The van der Waals surface area contributed by atoms with Crippen molar-refractivity contribution in [3.63, 3.8) is 0 Å². The fourth-order valence-electron chi connectivity index (χ4n) is 3.93.